The first-order valence-corrected chi connectivity index (χ1v) is 9.71. The molecule has 0 aromatic heterocycles. The summed E-state index contributed by atoms with van der Waals surface area (Å²) in [6.07, 6.45) is 0. The lowest BCUT2D eigenvalue weighted by Crippen LogP contribution is -2.16. The van der Waals surface area contributed by atoms with E-state index in [9.17, 15) is 21.6 Å². The van der Waals surface area contributed by atoms with Crippen LogP contribution in [0, 0.1) is 29.3 Å². The highest BCUT2D eigenvalue weighted by Crippen LogP contribution is 2.30. The summed E-state index contributed by atoms with van der Waals surface area (Å²) in [6.45, 7) is 0. The molecule has 0 aliphatic carbocycles. The van der Waals surface area contributed by atoms with Crippen LogP contribution in [0.1, 0.15) is 11.1 Å². The van der Waals surface area contributed by atoms with Crippen molar-refractivity contribution in [2.24, 2.45) is 0 Å². The largest absolute Gasteiger partial charge is 0.492 e. The average molecular weight is 417 g/mol. The van der Waals surface area contributed by atoms with Crippen LogP contribution in [0.5, 0.6) is 5.75 Å². The Morgan fingerprint density at radius 2 is 1.45 bits per heavy atom. The van der Waals surface area contributed by atoms with Gasteiger partial charge in [-0.3, -0.25) is 4.72 Å². The average Bonchev–Trinajstić information content (AvgIpc) is 2.70. The number of para-hydroxylation sites is 1. The fourth-order valence-corrected chi connectivity index (χ4v) is 3.75. The van der Waals surface area contributed by atoms with E-state index in [1.54, 1.807) is 35.1 Å². The molecule has 0 bridgehead atoms. The van der Waals surface area contributed by atoms with E-state index in [4.69, 9.17) is 4.74 Å². The summed E-state index contributed by atoms with van der Waals surface area (Å²) in [6, 6.07) is 13.8. The number of hydrogen-bond donors (Lipinski definition) is 1. The number of methoxy groups -OCH3 is 1. The molecule has 1 N–H and O–H groups in total. The Labute approximate surface area is 166 Å². The lowest BCUT2D eigenvalue weighted by atomic mass is 10.1. The Bertz CT molecular complexity index is 1190. The third-order valence-electron chi connectivity index (χ3n) is 3.83. The Morgan fingerprint density at radius 3 is 2.07 bits per heavy atom. The highest BCUT2D eigenvalue weighted by atomic mass is 32.2. The molecule has 0 saturated carbocycles. The third-order valence-corrected chi connectivity index (χ3v) is 5.20. The fourth-order valence-electron chi connectivity index (χ4n) is 2.50. The summed E-state index contributed by atoms with van der Waals surface area (Å²) in [5.74, 6) is 1.54. The molecular formula is C21H14F3NO3S. The Hall–Kier alpha value is -3.44. The topological polar surface area (TPSA) is 55.4 Å². The van der Waals surface area contributed by atoms with Crippen LogP contribution < -0.4 is 9.46 Å². The summed E-state index contributed by atoms with van der Waals surface area (Å²) in [4.78, 5) is -0.591. The first-order valence-electron chi connectivity index (χ1n) is 8.23. The molecule has 3 aromatic rings. The van der Waals surface area contributed by atoms with E-state index in [1.165, 1.54) is 0 Å². The summed E-state index contributed by atoms with van der Waals surface area (Å²) >= 11 is 0. The number of rotatable bonds is 4. The summed E-state index contributed by atoms with van der Waals surface area (Å²) in [5, 5.41) is 0. The zero-order chi connectivity index (χ0) is 21.0. The SMILES string of the molecule is COc1c(F)cccc1S(=O)(=O)Nc1c(F)cc(C#Cc2ccccc2)cc1F. The van der Waals surface area contributed by atoms with Gasteiger partial charge in [0.25, 0.3) is 10.0 Å². The highest BCUT2D eigenvalue weighted by molar-refractivity contribution is 7.92. The van der Waals surface area contributed by atoms with Crippen molar-refractivity contribution >= 4 is 15.7 Å². The Morgan fingerprint density at radius 1 is 0.828 bits per heavy atom. The van der Waals surface area contributed by atoms with Gasteiger partial charge in [-0.05, 0) is 36.4 Å². The first kappa shape index (κ1) is 20.3. The van der Waals surface area contributed by atoms with Gasteiger partial charge in [0.05, 0.1) is 7.11 Å². The lowest BCUT2D eigenvalue weighted by Gasteiger charge is -2.13. The highest BCUT2D eigenvalue weighted by Gasteiger charge is 2.25. The van der Waals surface area contributed by atoms with Gasteiger partial charge in [0, 0.05) is 11.1 Å². The van der Waals surface area contributed by atoms with Crippen molar-refractivity contribution in [3.63, 3.8) is 0 Å². The van der Waals surface area contributed by atoms with Crippen LogP contribution in [0.2, 0.25) is 0 Å². The summed E-state index contributed by atoms with van der Waals surface area (Å²) in [5.41, 5.74) is -0.229. The van der Waals surface area contributed by atoms with Crippen molar-refractivity contribution in [3.05, 3.63) is 89.2 Å². The molecule has 0 spiro atoms. The van der Waals surface area contributed by atoms with Gasteiger partial charge in [0.15, 0.2) is 23.2 Å². The van der Waals surface area contributed by atoms with Gasteiger partial charge in [0.2, 0.25) is 0 Å². The van der Waals surface area contributed by atoms with Gasteiger partial charge in [-0.1, -0.05) is 36.1 Å². The van der Waals surface area contributed by atoms with Crippen LogP contribution in [-0.2, 0) is 10.0 Å². The number of nitrogens with one attached hydrogen (secondary N) is 1. The quantitative estimate of drug-likeness (QED) is 0.644. The molecule has 3 rings (SSSR count). The van der Waals surface area contributed by atoms with E-state index in [2.05, 4.69) is 11.8 Å². The van der Waals surface area contributed by atoms with Crippen molar-refractivity contribution < 1.29 is 26.3 Å². The molecule has 0 heterocycles. The van der Waals surface area contributed by atoms with Crippen LogP contribution in [0.3, 0.4) is 0 Å². The third kappa shape index (κ3) is 4.52. The van der Waals surface area contributed by atoms with Crippen molar-refractivity contribution in [2.75, 3.05) is 11.8 Å². The van der Waals surface area contributed by atoms with E-state index < -0.39 is 43.8 Å². The molecule has 0 aliphatic heterocycles. The molecule has 29 heavy (non-hydrogen) atoms. The predicted octanol–water partition coefficient (Wildman–Crippen LogP) is 4.31. The van der Waals surface area contributed by atoms with E-state index in [0.717, 1.165) is 37.4 Å². The molecule has 3 aromatic carbocycles. The van der Waals surface area contributed by atoms with E-state index in [-0.39, 0.29) is 5.56 Å². The van der Waals surface area contributed by atoms with Gasteiger partial charge in [-0.2, -0.15) is 0 Å². The molecule has 0 saturated heterocycles. The second-order valence-corrected chi connectivity index (χ2v) is 7.46. The van der Waals surface area contributed by atoms with E-state index in [0.29, 0.717) is 5.56 Å². The van der Waals surface area contributed by atoms with Gasteiger partial charge in [-0.25, -0.2) is 21.6 Å². The summed E-state index contributed by atoms with van der Waals surface area (Å²) < 4.78 is 74.2. The second-order valence-electron chi connectivity index (χ2n) is 5.81. The maximum atomic E-state index is 14.4. The molecule has 148 valence electrons. The minimum atomic E-state index is -4.52. The molecular weight excluding hydrogens is 403 g/mol. The normalized spacial score (nSPS) is 10.8. The second kappa shape index (κ2) is 8.29. The van der Waals surface area contributed by atoms with Crippen LogP contribution in [0.25, 0.3) is 0 Å². The molecule has 8 heteroatoms. The minimum absolute atomic E-state index is 0.0233. The first-order chi connectivity index (χ1) is 13.8. The lowest BCUT2D eigenvalue weighted by molar-refractivity contribution is 0.374. The molecule has 0 fully saturated rings. The number of hydrogen-bond acceptors (Lipinski definition) is 3. The number of ether oxygens (including phenoxy) is 1. The molecule has 0 radical (unpaired) electrons. The van der Waals surface area contributed by atoms with Gasteiger partial charge >= 0.3 is 0 Å². The number of anilines is 1. The monoisotopic (exact) mass is 417 g/mol. The molecule has 0 aliphatic rings. The number of sulfonamides is 1. The smallest absolute Gasteiger partial charge is 0.265 e. The minimum Gasteiger partial charge on any atom is -0.492 e. The fraction of sp³-hybridized carbons (Fsp3) is 0.0476. The van der Waals surface area contributed by atoms with Crippen LogP contribution in [0.15, 0.2) is 65.6 Å². The number of halogens is 3. The standard InChI is InChI=1S/C21H14F3NO3S/c1-28-21-16(22)8-5-9-19(21)29(26,27)25-20-17(23)12-15(13-18(20)24)11-10-14-6-3-2-4-7-14/h2-9,12-13,25H,1H3. The Kier molecular flexibility index (Phi) is 5.80. The Balaban J connectivity index is 1.95. The van der Waals surface area contributed by atoms with Crippen molar-refractivity contribution in [1.82, 2.24) is 0 Å². The van der Waals surface area contributed by atoms with Crippen molar-refractivity contribution in [1.29, 1.82) is 0 Å². The molecule has 0 atom stereocenters. The van der Waals surface area contributed by atoms with Gasteiger partial charge in [0.1, 0.15) is 10.6 Å². The maximum absolute atomic E-state index is 14.4. The van der Waals surface area contributed by atoms with Gasteiger partial charge in [-0.15, -0.1) is 0 Å². The van der Waals surface area contributed by atoms with Gasteiger partial charge < -0.3 is 4.74 Å². The zero-order valence-corrected chi connectivity index (χ0v) is 15.9. The molecule has 0 amide bonds. The van der Waals surface area contributed by atoms with Crippen LogP contribution in [-0.4, -0.2) is 15.5 Å². The van der Waals surface area contributed by atoms with Crippen LogP contribution >= 0.6 is 0 Å². The maximum Gasteiger partial charge on any atom is 0.265 e. The van der Waals surface area contributed by atoms with E-state index in [1.807, 2.05) is 0 Å². The van der Waals surface area contributed by atoms with Crippen molar-refractivity contribution in [2.45, 2.75) is 4.90 Å². The molecule has 0 unspecified atom stereocenters. The summed E-state index contributed by atoms with van der Waals surface area (Å²) in [7, 11) is -3.44. The van der Waals surface area contributed by atoms with E-state index >= 15 is 0 Å². The molecule has 4 nitrogen and oxygen atoms in total. The van der Waals surface area contributed by atoms with Crippen molar-refractivity contribution in [3.8, 4) is 17.6 Å². The number of benzene rings is 3. The van der Waals surface area contributed by atoms with Crippen LogP contribution in [0.4, 0.5) is 18.9 Å². The zero-order valence-electron chi connectivity index (χ0n) is 15.0. The predicted molar refractivity (Wildman–Crippen MR) is 103 cm³/mol.